The molecule has 0 amide bonds. The molecule has 32 heavy (non-hydrogen) atoms. The Morgan fingerprint density at radius 3 is 2.66 bits per heavy atom. The molecule has 0 bridgehead atoms. The molecule has 2 atom stereocenters. The molecular formula is C23H23Cl2NO6. The predicted molar refractivity (Wildman–Crippen MR) is 124 cm³/mol. The summed E-state index contributed by atoms with van der Waals surface area (Å²) in [5.41, 5.74) is 0.586. The van der Waals surface area contributed by atoms with Crippen LogP contribution in [0.2, 0.25) is 5.02 Å². The minimum absolute atomic E-state index is 0. The zero-order chi connectivity index (χ0) is 22.3. The molecule has 170 valence electrons. The number of benzene rings is 2. The van der Waals surface area contributed by atoms with Gasteiger partial charge in [0.05, 0.1) is 11.1 Å². The maximum Gasteiger partial charge on any atom is 0.302 e. The van der Waals surface area contributed by atoms with E-state index in [0.717, 1.165) is 6.07 Å². The van der Waals surface area contributed by atoms with Crippen LogP contribution in [0.1, 0.15) is 24.8 Å². The van der Waals surface area contributed by atoms with Crippen molar-refractivity contribution >= 4 is 40.9 Å². The number of hydrogen-bond acceptors (Lipinski definition) is 7. The average molecular weight is 480 g/mol. The molecule has 2 aromatic carbocycles. The number of ether oxygens (including phenoxy) is 1. The maximum atomic E-state index is 12.9. The lowest BCUT2D eigenvalue weighted by Crippen LogP contribution is -2.33. The first-order valence-electron chi connectivity index (χ1n) is 9.89. The molecule has 0 aliphatic carbocycles. The molecule has 0 radical (unpaired) electrons. The molecule has 7 nitrogen and oxygen atoms in total. The Labute approximate surface area is 195 Å². The lowest BCUT2D eigenvalue weighted by Gasteiger charge is -2.25. The monoisotopic (exact) mass is 479 g/mol. The van der Waals surface area contributed by atoms with Crippen molar-refractivity contribution < 1.29 is 24.2 Å². The van der Waals surface area contributed by atoms with E-state index >= 15 is 0 Å². The van der Waals surface area contributed by atoms with Gasteiger partial charge >= 0.3 is 5.97 Å². The van der Waals surface area contributed by atoms with E-state index in [-0.39, 0.29) is 59.2 Å². The van der Waals surface area contributed by atoms with Crippen LogP contribution < -0.4 is 5.43 Å². The van der Waals surface area contributed by atoms with Crippen LogP contribution in [0.4, 0.5) is 0 Å². The summed E-state index contributed by atoms with van der Waals surface area (Å²) in [6.45, 7) is 2.17. The summed E-state index contributed by atoms with van der Waals surface area (Å²) in [4.78, 5) is 26.3. The van der Waals surface area contributed by atoms with Crippen LogP contribution in [0.3, 0.4) is 0 Å². The Balaban J connectivity index is 0.00000289. The molecule has 0 unspecified atom stereocenters. The average Bonchev–Trinajstić information content (AvgIpc) is 3.06. The van der Waals surface area contributed by atoms with E-state index < -0.39 is 11.4 Å². The van der Waals surface area contributed by atoms with E-state index in [2.05, 4.69) is 0 Å². The molecule has 1 fully saturated rings. The quantitative estimate of drug-likeness (QED) is 0.538. The normalized spacial score (nSPS) is 18.5. The number of likely N-dealkylation sites (N-methyl/N-ethyl adjacent to an activating group) is 1. The third-order valence-electron chi connectivity index (χ3n) is 5.79. The van der Waals surface area contributed by atoms with Crippen LogP contribution in [-0.4, -0.2) is 47.3 Å². The second-order valence-corrected chi connectivity index (χ2v) is 8.14. The Hall–Kier alpha value is -2.74. The molecule has 1 aromatic heterocycles. The zero-order valence-electron chi connectivity index (χ0n) is 17.5. The van der Waals surface area contributed by atoms with Gasteiger partial charge in [0.1, 0.15) is 34.8 Å². The summed E-state index contributed by atoms with van der Waals surface area (Å²) in [5.74, 6) is -0.989. The van der Waals surface area contributed by atoms with Gasteiger partial charge in [-0.2, -0.15) is 0 Å². The third-order valence-corrected chi connectivity index (χ3v) is 6.12. The van der Waals surface area contributed by atoms with Crippen molar-refractivity contribution in [1.82, 2.24) is 4.90 Å². The van der Waals surface area contributed by atoms with Crippen LogP contribution in [0.5, 0.6) is 11.5 Å². The third kappa shape index (κ3) is 4.28. The van der Waals surface area contributed by atoms with Gasteiger partial charge in [-0.05, 0) is 32.1 Å². The second-order valence-electron chi connectivity index (χ2n) is 7.73. The Kier molecular flexibility index (Phi) is 7.03. The number of halogens is 2. The van der Waals surface area contributed by atoms with Gasteiger partial charge in [-0.25, -0.2) is 0 Å². The largest absolute Gasteiger partial charge is 0.507 e. The molecule has 0 spiro atoms. The van der Waals surface area contributed by atoms with Crippen molar-refractivity contribution in [3.8, 4) is 22.8 Å². The number of fused-ring (bicyclic) bond motifs is 1. The zero-order valence-corrected chi connectivity index (χ0v) is 19.1. The number of nitrogens with zero attached hydrogens (tertiary/aromatic N) is 1. The summed E-state index contributed by atoms with van der Waals surface area (Å²) >= 11 is 6.29. The van der Waals surface area contributed by atoms with Gasteiger partial charge in [-0.3, -0.25) is 14.5 Å². The number of phenols is 2. The first kappa shape index (κ1) is 23.9. The fourth-order valence-corrected chi connectivity index (χ4v) is 4.49. The van der Waals surface area contributed by atoms with Gasteiger partial charge in [0.15, 0.2) is 5.43 Å². The van der Waals surface area contributed by atoms with E-state index in [4.69, 9.17) is 20.8 Å². The summed E-state index contributed by atoms with van der Waals surface area (Å²) in [5, 5.41) is 21.5. The topological polar surface area (TPSA) is 100 Å². The SMILES string of the molecule is CC(=O)OC[C@H]1[C@H](c2c(O)cc(O)c3c(=O)cc(-c4ccccc4Cl)oc23)CCN1C.Cl. The van der Waals surface area contributed by atoms with Crippen LogP contribution in [0.15, 0.2) is 45.6 Å². The smallest absolute Gasteiger partial charge is 0.302 e. The van der Waals surface area contributed by atoms with Crippen LogP contribution >= 0.6 is 24.0 Å². The number of hydrogen-bond donors (Lipinski definition) is 2. The number of carbonyl (C=O) groups is 1. The Morgan fingerprint density at radius 2 is 1.97 bits per heavy atom. The van der Waals surface area contributed by atoms with Crippen molar-refractivity contribution in [3.05, 3.63) is 57.2 Å². The highest BCUT2D eigenvalue weighted by atomic mass is 35.5. The first-order valence-corrected chi connectivity index (χ1v) is 10.3. The van der Waals surface area contributed by atoms with Crippen molar-refractivity contribution in [2.75, 3.05) is 20.2 Å². The fraction of sp³-hybridized carbons (Fsp3) is 0.304. The van der Waals surface area contributed by atoms with Gasteiger partial charge in [-0.15, -0.1) is 12.4 Å². The van der Waals surface area contributed by atoms with Crippen molar-refractivity contribution in [3.63, 3.8) is 0 Å². The number of phenolic OH excluding ortho intramolecular Hbond substituents is 2. The lowest BCUT2D eigenvalue weighted by molar-refractivity contribution is -0.142. The summed E-state index contributed by atoms with van der Waals surface area (Å²) in [6, 6.07) is 9.16. The summed E-state index contributed by atoms with van der Waals surface area (Å²) in [6.07, 6.45) is 0.649. The van der Waals surface area contributed by atoms with Crippen LogP contribution in [-0.2, 0) is 9.53 Å². The van der Waals surface area contributed by atoms with E-state index in [1.807, 2.05) is 11.9 Å². The molecule has 1 aliphatic heterocycles. The molecule has 2 heterocycles. The van der Waals surface area contributed by atoms with Gasteiger partial charge in [0.25, 0.3) is 0 Å². The molecule has 1 aliphatic rings. The highest BCUT2D eigenvalue weighted by Gasteiger charge is 2.37. The minimum atomic E-state index is -0.446. The fourth-order valence-electron chi connectivity index (χ4n) is 4.26. The number of likely N-dealkylation sites (tertiary alicyclic amines) is 1. The molecule has 9 heteroatoms. The van der Waals surface area contributed by atoms with Gasteiger partial charge in [0.2, 0.25) is 0 Å². The van der Waals surface area contributed by atoms with E-state index in [1.54, 1.807) is 24.3 Å². The minimum Gasteiger partial charge on any atom is -0.507 e. The molecule has 0 saturated carbocycles. The maximum absolute atomic E-state index is 12.9. The van der Waals surface area contributed by atoms with Crippen molar-refractivity contribution in [2.45, 2.75) is 25.3 Å². The Morgan fingerprint density at radius 1 is 1.25 bits per heavy atom. The summed E-state index contributed by atoms with van der Waals surface area (Å²) < 4.78 is 11.3. The highest BCUT2D eigenvalue weighted by Crippen LogP contribution is 2.44. The van der Waals surface area contributed by atoms with E-state index in [0.29, 0.717) is 29.1 Å². The van der Waals surface area contributed by atoms with E-state index in [9.17, 15) is 19.8 Å². The Bertz CT molecular complexity index is 1230. The van der Waals surface area contributed by atoms with Gasteiger partial charge in [-0.1, -0.05) is 23.7 Å². The van der Waals surface area contributed by atoms with E-state index in [1.165, 1.54) is 13.0 Å². The summed E-state index contributed by atoms with van der Waals surface area (Å²) in [7, 11) is 1.90. The highest BCUT2D eigenvalue weighted by molar-refractivity contribution is 6.33. The van der Waals surface area contributed by atoms with Crippen LogP contribution in [0, 0.1) is 0 Å². The number of esters is 1. The number of carbonyl (C=O) groups excluding carboxylic acids is 1. The second kappa shape index (κ2) is 9.40. The predicted octanol–water partition coefficient (Wildman–Crippen LogP) is 4.30. The van der Waals surface area contributed by atoms with Crippen LogP contribution in [0.25, 0.3) is 22.3 Å². The molecule has 4 rings (SSSR count). The molecule has 1 saturated heterocycles. The first-order chi connectivity index (χ1) is 14.8. The molecular weight excluding hydrogens is 457 g/mol. The van der Waals surface area contributed by atoms with Gasteiger partial charge < -0.3 is 19.4 Å². The lowest BCUT2D eigenvalue weighted by atomic mass is 9.89. The van der Waals surface area contributed by atoms with Crippen molar-refractivity contribution in [2.24, 2.45) is 0 Å². The van der Waals surface area contributed by atoms with Crippen molar-refractivity contribution in [1.29, 1.82) is 0 Å². The molecule has 3 aromatic rings. The standard InChI is InChI=1S/C23H22ClNO6.ClH/c1-12(26)30-11-16-14(7-8-25(16)2)21-17(27)9-18(28)22-19(29)10-20(31-23(21)22)13-5-3-4-6-15(13)24;/h3-6,9-10,14,16,27-28H,7-8,11H2,1-2H3;1H/t14-,16+;/m1./s1. The number of aromatic hydroxyl groups is 2. The number of rotatable bonds is 4. The molecule has 2 N–H and O–H groups in total. The van der Waals surface area contributed by atoms with Gasteiger partial charge in [0, 0.05) is 36.1 Å².